The van der Waals surface area contributed by atoms with Crippen molar-refractivity contribution in [3.8, 4) is 0 Å². The Kier molecular flexibility index (Phi) is 3.81. The number of alkyl halides is 5. The molecule has 0 aromatic carbocycles. The summed E-state index contributed by atoms with van der Waals surface area (Å²) >= 11 is 0. The highest BCUT2D eigenvalue weighted by Gasteiger charge is 2.86. The number of hydrogen-bond donors (Lipinski definition) is 1. The van der Waals surface area contributed by atoms with E-state index in [4.69, 9.17) is 9.47 Å². The maximum Gasteiger partial charge on any atom is 0.449 e. The van der Waals surface area contributed by atoms with Gasteiger partial charge in [0.1, 0.15) is 0 Å². The Morgan fingerprint density at radius 1 is 1.20 bits per heavy atom. The van der Waals surface area contributed by atoms with Crippen LogP contribution in [0.15, 0.2) is 0 Å². The van der Waals surface area contributed by atoms with E-state index in [9.17, 15) is 31.9 Å². The van der Waals surface area contributed by atoms with Crippen LogP contribution in [-0.4, -0.2) is 40.7 Å². The van der Waals surface area contributed by atoms with Crippen molar-refractivity contribution >= 4 is 5.97 Å². The molecule has 2 saturated carbocycles. The quantitative estimate of drug-likeness (QED) is 0.568. The highest BCUT2D eigenvalue weighted by atomic mass is 19.4. The van der Waals surface area contributed by atoms with E-state index in [1.807, 2.05) is 13.8 Å². The van der Waals surface area contributed by atoms with Gasteiger partial charge in [-0.2, -0.15) is 22.0 Å². The van der Waals surface area contributed by atoms with Crippen LogP contribution in [-0.2, 0) is 14.3 Å². The first-order valence-electron chi connectivity index (χ1n) is 8.23. The topological polar surface area (TPSA) is 55.8 Å². The Labute approximate surface area is 141 Å². The van der Waals surface area contributed by atoms with Crippen molar-refractivity contribution in [3.05, 3.63) is 0 Å². The maximum atomic E-state index is 15.0. The third-order valence-corrected chi connectivity index (χ3v) is 6.69. The predicted octanol–water partition coefficient (Wildman–Crippen LogP) is 3.13. The van der Waals surface area contributed by atoms with Crippen LogP contribution in [0.4, 0.5) is 22.0 Å². The summed E-state index contributed by atoms with van der Waals surface area (Å²) in [6.07, 6.45) is -6.61. The lowest BCUT2D eigenvalue weighted by molar-refractivity contribution is -0.494. The third-order valence-electron chi connectivity index (χ3n) is 6.69. The minimum absolute atomic E-state index is 0.0300. The van der Waals surface area contributed by atoms with Crippen molar-refractivity contribution in [1.82, 2.24) is 0 Å². The molecule has 0 amide bonds. The minimum Gasteiger partial charge on any atom is -0.452 e. The van der Waals surface area contributed by atoms with Crippen LogP contribution >= 0.6 is 0 Å². The molecule has 3 aliphatic rings. The Morgan fingerprint density at radius 2 is 1.72 bits per heavy atom. The average molecular weight is 372 g/mol. The molecule has 8 atom stereocenters. The number of halogens is 5. The highest BCUT2D eigenvalue weighted by Crippen LogP contribution is 2.67. The first-order chi connectivity index (χ1) is 11.2. The van der Waals surface area contributed by atoms with Crippen molar-refractivity contribution in [2.45, 2.75) is 63.7 Å². The van der Waals surface area contributed by atoms with E-state index in [0.29, 0.717) is 6.42 Å². The van der Waals surface area contributed by atoms with Crippen LogP contribution in [0, 0.1) is 29.6 Å². The van der Waals surface area contributed by atoms with Gasteiger partial charge in [0.2, 0.25) is 0 Å². The summed E-state index contributed by atoms with van der Waals surface area (Å²) in [6.45, 7) is 5.32. The van der Waals surface area contributed by atoms with E-state index < -0.39 is 47.4 Å². The first-order valence-corrected chi connectivity index (χ1v) is 8.23. The lowest BCUT2D eigenvalue weighted by Gasteiger charge is -2.58. The zero-order chi connectivity index (χ0) is 19.2. The summed E-state index contributed by atoms with van der Waals surface area (Å²) < 4.78 is 79.6. The number of esters is 1. The molecule has 0 aromatic heterocycles. The summed E-state index contributed by atoms with van der Waals surface area (Å²) in [4.78, 5) is 11.4. The molecule has 1 aliphatic heterocycles. The lowest BCUT2D eigenvalue weighted by Crippen LogP contribution is -2.78. The molecule has 2 bridgehead atoms. The molecule has 0 spiro atoms. The Morgan fingerprint density at radius 3 is 2.20 bits per heavy atom. The van der Waals surface area contributed by atoms with Gasteiger partial charge in [0.15, 0.2) is 5.60 Å². The second-order valence-electron chi connectivity index (χ2n) is 7.81. The normalized spacial score (nSPS) is 51.3. The molecular weight excluding hydrogens is 351 g/mol. The number of ether oxygens (including phenoxy) is 2. The van der Waals surface area contributed by atoms with Crippen LogP contribution in [0.3, 0.4) is 0 Å². The zero-order valence-electron chi connectivity index (χ0n) is 14.2. The molecule has 4 nitrogen and oxygen atoms in total. The van der Waals surface area contributed by atoms with Gasteiger partial charge in [-0.15, -0.1) is 0 Å². The lowest BCUT2D eigenvalue weighted by atomic mass is 9.63. The fourth-order valence-corrected chi connectivity index (χ4v) is 5.32. The molecule has 8 unspecified atom stereocenters. The van der Waals surface area contributed by atoms with Gasteiger partial charge in [-0.1, -0.05) is 13.8 Å². The fraction of sp³-hybridized carbons (Fsp3) is 0.938. The van der Waals surface area contributed by atoms with Crippen molar-refractivity contribution in [2.75, 3.05) is 0 Å². The molecule has 0 radical (unpaired) electrons. The average Bonchev–Trinajstić information content (AvgIpc) is 2.93. The van der Waals surface area contributed by atoms with Crippen LogP contribution in [0.1, 0.15) is 34.1 Å². The van der Waals surface area contributed by atoms with Crippen LogP contribution in [0.2, 0.25) is 0 Å². The second-order valence-corrected chi connectivity index (χ2v) is 7.81. The molecule has 1 N–H and O–H groups in total. The van der Waals surface area contributed by atoms with Crippen LogP contribution in [0.25, 0.3) is 0 Å². The standard InChI is InChI=1S/C16H21F5O4/c1-6-7(2)10-5-9(6)11-12(10)25-15(23,16(19,20)21)14(17,18)13(11,4)24-8(3)22/h6-7,9-12,23H,5H2,1-4H3. The summed E-state index contributed by atoms with van der Waals surface area (Å²) in [5.41, 5.74) is -2.82. The van der Waals surface area contributed by atoms with Gasteiger partial charge < -0.3 is 14.6 Å². The number of carbonyl (C=O) groups is 1. The molecule has 144 valence electrons. The van der Waals surface area contributed by atoms with Gasteiger partial charge in [0, 0.05) is 12.8 Å². The number of rotatable bonds is 1. The Hall–Kier alpha value is -0.960. The molecule has 1 saturated heterocycles. The summed E-state index contributed by atoms with van der Waals surface area (Å²) in [6, 6.07) is 0. The van der Waals surface area contributed by atoms with E-state index in [2.05, 4.69) is 0 Å². The van der Waals surface area contributed by atoms with Crippen molar-refractivity contribution < 1.29 is 41.3 Å². The molecule has 25 heavy (non-hydrogen) atoms. The van der Waals surface area contributed by atoms with E-state index in [1.165, 1.54) is 0 Å². The molecule has 3 rings (SSSR count). The van der Waals surface area contributed by atoms with Gasteiger partial charge in [-0.05, 0) is 37.0 Å². The maximum absolute atomic E-state index is 15.0. The van der Waals surface area contributed by atoms with Gasteiger partial charge in [0.25, 0.3) is 0 Å². The third kappa shape index (κ3) is 2.08. The van der Waals surface area contributed by atoms with Gasteiger partial charge >= 0.3 is 23.9 Å². The van der Waals surface area contributed by atoms with Crippen LogP contribution < -0.4 is 0 Å². The summed E-state index contributed by atoms with van der Waals surface area (Å²) in [5, 5.41) is 9.92. The second kappa shape index (κ2) is 5.06. The van der Waals surface area contributed by atoms with E-state index in [0.717, 1.165) is 13.8 Å². The van der Waals surface area contributed by atoms with Gasteiger partial charge in [0.05, 0.1) is 6.10 Å². The molecule has 9 heteroatoms. The number of aliphatic hydroxyl groups is 1. The van der Waals surface area contributed by atoms with Crippen molar-refractivity contribution in [2.24, 2.45) is 29.6 Å². The predicted molar refractivity (Wildman–Crippen MR) is 74.4 cm³/mol. The summed E-state index contributed by atoms with van der Waals surface area (Å²) in [7, 11) is 0. The molecular formula is C16H21F5O4. The van der Waals surface area contributed by atoms with Crippen molar-refractivity contribution in [3.63, 3.8) is 0 Å². The number of fused-ring (bicyclic) bond motifs is 5. The Bertz CT molecular complexity index is 594. The van der Waals surface area contributed by atoms with E-state index in [-0.39, 0.29) is 17.8 Å². The monoisotopic (exact) mass is 372 g/mol. The Balaban J connectivity index is 2.17. The molecule has 2 aliphatic carbocycles. The smallest absolute Gasteiger partial charge is 0.449 e. The van der Waals surface area contributed by atoms with Gasteiger partial charge in [-0.25, -0.2) is 0 Å². The zero-order valence-corrected chi connectivity index (χ0v) is 14.2. The van der Waals surface area contributed by atoms with E-state index in [1.54, 1.807) is 0 Å². The number of carbonyl (C=O) groups excluding carboxylic acids is 1. The molecule has 3 fully saturated rings. The number of hydrogen-bond acceptors (Lipinski definition) is 4. The van der Waals surface area contributed by atoms with Crippen molar-refractivity contribution in [1.29, 1.82) is 0 Å². The first kappa shape index (κ1) is 18.8. The summed E-state index contributed by atoms with van der Waals surface area (Å²) in [5.74, 6) is -12.7. The molecule has 1 heterocycles. The largest absolute Gasteiger partial charge is 0.452 e. The SMILES string of the molecule is CC(=O)OC1(C)C2C3CC(C(C)C3C)C2OC(O)(C(F)(F)F)C1(F)F. The minimum atomic E-state index is -5.75. The fourth-order valence-electron chi connectivity index (χ4n) is 5.32. The van der Waals surface area contributed by atoms with E-state index >= 15 is 0 Å². The highest BCUT2D eigenvalue weighted by molar-refractivity contribution is 5.67. The molecule has 0 aromatic rings. The van der Waals surface area contributed by atoms with Crippen LogP contribution in [0.5, 0.6) is 0 Å². The van der Waals surface area contributed by atoms with Gasteiger partial charge in [-0.3, -0.25) is 4.79 Å².